The molecule has 1 nitrogen and oxygen atoms in total. The third kappa shape index (κ3) is 10.9. The molecule has 0 amide bonds. The minimum absolute atomic E-state index is 0. The summed E-state index contributed by atoms with van der Waals surface area (Å²) >= 11 is 0. The molecule has 0 fully saturated rings. The van der Waals surface area contributed by atoms with Crippen LogP contribution in [0, 0.1) is 5.92 Å². The minimum Gasteiger partial charge on any atom is -0.376 e. The Hall–Kier alpha value is -0.0400. The lowest BCUT2D eigenvalue weighted by Crippen LogP contribution is -2.21. The molecule has 0 aromatic carbocycles. The van der Waals surface area contributed by atoms with Gasteiger partial charge in [-0.15, -0.1) is 0 Å². The molecule has 0 radical (unpaired) electrons. The number of hydrogen-bond donors (Lipinski definition) is 0. The summed E-state index contributed by atoms with van der Waals surface area (Å²) in [5.41, 5.74) is 0.0320. The molecule has 0 atom stereocenters. The highest BCUT2D eigenvalue weighted by Crippen LogP contribution is 2.08. The molecule has 1 heteroatoms. The molecule has 0 aliphatic carbocycles. The van der Waals surface area contributed by atoms with Crippen molar-refractivity contribution in [1.29, 1.82) is 0 Å². The largest absolute Gasteiger partial charge is 0.376 e. The van der Waals surface area contributed by atoms with Crippen molar-refractivity contribution in [2.75, 3.05) is 6.61 Å². The topological polar surface area (TPSA) is 9.23 Å². The molecule has 10 heavy (non-hydrogen) atoms. The quantitative estimate of drug-likeness (QED) is 0.581. The minimum atomic E-state index is 0. The monoisotopic (exact) mass is 146 g/mol. The second-order valence-electron chi connectivity index (χ2n) is 3.82. The van der Waals surface area contributed by atoms with Crippen LogP contribution < -0.4 is 0 Å². The van der Waals surface area contributed by atoms with E-state index < -0.39 is 0 Å². The van der Waals surface area contributed by atoms with Crippen molar-refractivity contribution < 1.29 is 4.74 Å². The second kappa shape index (κ2) is 4.73. The molecule has 0 aromatic heterocycles. The van der Waals surface area contributed by atoms with Gasteiger partial charge >= 0.3 is 0 Å². The average molecular weight is 146 g/mol. The Morgan fingerprint density at radius 1 is 1.20 bits per heavy atom. The summed E-state index contributed by atoms with van der Waals surface area (Å²) in [6.07, 6.45) is 0. The van der Waals surface area contributed by atoms with E-state index in [1.165, 1.54) is 0 Å². The fraction of sp³-hybridized carbons (Fsp3) is 1.00. The molecule has 0 saturated heterocycles. The van der Waals surface area contributed by atoms with Gasteiger partial charge in [0.1, 0.15) is 0 Å². The predicted octanol–water partition coefficient (Wildman–Crippen LogP) is 3.09. The van der Waals surface area contributed by atoms with Crippen molar-refractivity contribution in [3.8, 4) is 0 Å². The number of rotatable bonds is 2. The van der Waals surface area contributed by atoms with E-state index in [0.29, 0.717) is 5.92 Å². The van der Waals surface area contributed by atoms with Gasteiger partial charge < -0.3 is 4.74 Å². The Kier molecular flexibility index (Phi) is 5.96. The van der Waals surface area contributed by atoms with Crippen LogP contribution in [-0.2, 0) is 4.74 Å². The molecule has 64 valence electrons. The first kappa shape index (κ1) is 12.6. The van der Waals surface area contributed by atoms with Crippen molar-refractivity contribution in [3.63, 3.8) is 0 Å². The lowest BCUT2D eigenvalue weighted by atomic mass is 10.2. The van der Waals surface area contributed by atoms with E-state index in [9.17, 15) is 0 Å². The van der Waals surface area contributed by atoms with Crippen LogP contribution in [0.2, 0.25) is 0 Å². The molecule has 0 heterocycles. The highest BCUT2D eigenvalue weighted by Gasteiger charge is 2.09. The SMILES string of the molecule is C.CC(C)COC(C)(C)C. The predicted molar refractivity (Wildman–Crippen MR) is 47.3 cm³/mol. The van der Waals surface area contributed by atoms with Crippen LogP contribution in [-0.4, -0.2) is 12.2 Å². The maximum Gasteiger partial charge on any atom is 0.0598 e. The van der Waals surface area contributed by atoms with Crippen molar-refractivity contribution >= 4 is 0 Å². The summed E-state index contributed by atoms with van der Waals surface area (Å²) < 4.78 is 5.49. The second-order valence-corrected chi connectivity index (χ2v) is 3.82. The van der Waals surface area contributed by atoms with Crippen molar-refractivity contribution in [2.24, 2.45) is 5.92 Å². The van der Waals surface area contributed by atoms with Gasteiger partial charge in [0.05, 0.1) is 5.60 Å². The lowest BCUT2D eigenvalue weighted by molar-refractivity contribution is -0.0167. The Morgan fingerprint density at radius 2 is 1.60 bits per heavy atom. The van der Waals surface area contributed by atoms with Gasteiger partial charge in [0.15, 0.2) is 0 Å². The molecule has 0 rings (SSSR count). The van der Waals surface area contributed by atoms with Crippen LogP contribution in [0.25, 0.3) is 0 Å². The van der Waals surface area contributed by atoms with E-state index in [4.69, 9.17) is 4.74 Å². The zero-order valence-corrected chi connectivity index (χ0v) is 7.19. The van der Waals surface area contributed by atoms with Crippen molar-refractivity contribution in [3.05, 3.63) is 0 Å². The first-order valence-electron chi connectivity index (χ1n) is 3.56. The molecule has 0 unspecified atom stereocenters. The first-order valence-corrected chi connectivity index (χ1v) is 3.56. The van der Waals surface area contributed by atoms with Gasteiger partial charge in [0, 0.05) is 6.61 Å². The third-order valence-corrected chi connectivity index (χ3v) is 0.850. The van der Waals surface area contributed by atoms with Gasteiger partial charge in [-0.3, -0.25) is 0 Å². The smallest absolute Gasteiger partial charge is 0.0598 e. The normalized spacial score (nSPS) is 11.4. The molecule has 0 aliphatic heterocycles. The summed E-state index contributed by atoms with van der Waals surface area (Å²) in [6.45, 7) is 11.4. The Morgan fingerprint density at radius 3 is 1.70 bits per heavy atom. The highest BCUT2D eigenvalue weighted by molar-refractivity contribution is 4.58. The summed E-state index contributed by atoms with van der Waals surface area (Å²) in [7, 11) is 0. The Balaban J connectivity index is 0. The summed E-state index contributed by atoms with van der Waals surface area (Å²) in [5, 5.41) is 0. The lowest BCUT2D eigenvalue weighted by Gasteiger charge is -2.20. The van der Waals surface area contributed by atoms with Crippen LogP contribution in [0.4, 0.5) is 0 Å². The first-order chi connectivity index (χ1) is 3.92. The van der Waals surface area contributed by atoms with E-state index in [1.54, 1.807) is 0 Å². The Labute approximate surface area is 65.8 Å². The fourth-order valence-corrected chi connectivity index (χ4v) is 0.417. The van der Waals surface area contributed by atoms with Gasteiger partial charge in [-0.1, -0.05) is 21.3 Å². The molecule has 0 aromatic rings. The Bertz CT molecular complexity index is 69.3. The number of ether oxygens (including phenoxy) is 1. The standard InChI is InChI=1S/C8H18O.CH4/c1-7(2)6-9-8(3,4)5;/h7H,6H2,1-5H3;1H4. The zero-order valence-electron chi connectivity index (χ0n) is 7.19. The van der Waals surface area contributed by atoms with Gasteiger partial charge in [0.25, 0.3) is 0 Å². The van der Waals surface area contributed by atoms with Crippen LogP contribution in [0.3, 0.4) is 0 Å². The van der Waals surface area contributed by atoms with Crippen LogP contribution >= 0.6 is 0 Å². The van der Waals surface area contributed by atoms with E-state index in [2.05, 4.69) is 34.6 Å². The van der Waals surface area contributed by atoms with E-state index in [1.807, 2.05) is 0 Å². The van der Waals surface area contributed by atoms with Crippen LogP contribution in [0.1, 0.15) is 42.0 Å². The van der Waals surface area contributed by atoms with Gasteiger partial charge in [-0.25, -0.2) is 0 Å². The van der Waals surface area contributed by atoms with Gasteiger partial charge in [-0.2, -0.15) is 0 Å². The molecule has 0 saturated carbocycles. The van der Waals surface area contributed by atoms with E-state index in [0.717, 1.165) is 6.61 Å². The van der Waals surface area contributed by atoms with Crippen LogP contribution in [0.5, 0.6) is 0 Å². The van der Waals surface area contributed by atoms with Gasteiger partial charge in [-0.05, 0) is 26.7 Å². The molecule has 0 spiro atoms. The number of hydrogen-bond acceptors (Lipinski definition) is 1. The van der Waals surface area contributed by atoms with Crippen molar-refractivity contribution in [2.45, 2.75) is 47.6 Å². The molecule has 0 bridgehead atoms. The van der Waals surface area contributed by atoms with E-state index in [-0.39, 0.29) is 13.0 Å². The van der Waals surface area contributed by atoms with Crippen LogP contribution in [0.15, 0.2) is 0 Å². The highest BCUT2D eigenvalue weighted by atomic mass is 16.5. The van der Waals surface area contributed by atoms with Crippen molar-refractivity contribution in [1.82, 2.24) is 0 Å². The molecular formula is C9H22O. The maximum atomic E-state index is 5.49. The fourth-order valence-electron chi connectivity index (χ4n) is 0.417. The average Bonchev–Trinajstić information content (AvgIpc) is 1.59. The van der Waals surface area contributed by atoms with Gasteiger partial charge in [0.2, 0.25) is 0 Å². The summed E-state index contributed by atoms with van der Waals surface area (Å²) in [4.78, 5) is 0. The summed E-state index contributed by atoms with van der Waals surface area (Å²) in [6, 6.07) is 0. The third-order valence-electron chi connectivity index (χ3n) is 0.850. The summed E-state index contributed by atoms with van der Waals surface area (Å²) in [5.74, 6) is 0.643. The molecular weight excluding hydrogens is 124 g/mol. The van der Waals surface area contributed by atoms with E-state index >= 15 is 0 Å². The maximum absolute atomic E-state index is 5.49. The molecule has 0 aliphatic rings. The molecule has 0 N–H and O–H groups in total. The zero-order chi connectivity index (χ0) is 7.49.